The summed E-state index contributed by atoms with van der Waals surface area (Å²) >= 11 is 6.26. The number of allylic oxidation sites excluding steroid dienone is 3. The Bertz CT molecular complexity index is 713. The van der Waals surface area contributed by atoms with E-state index in [1.807, 2.05) is 12.1 Å². The van der Waals surface area contributed by atoms with Crippen molar-refractivity contribution in [1.29, 1.82) is 0 Å². The summed E-state index contributed by atoms with van der Waals surface area (Å²) in [4.78, 5) is 0. The van der Waals surface area contributed by atoms with Gasteiger partial charge in [-0.15, -0.1) is 6.58 Å². The van der Waals surface area contributed by atoms with Crippen molar-refractivity contribution in [3.63, 3.8) is 0 Å². The summed E-state index contributed by atoms with van der Waals surface area (Å²) in [5.74, 6) is 2.26. The Morgan fingerprint density at radius 3 is 2.56 bits per heavy atom. The SMILES string of the molecule is C=CCCC1CCC(C2CC=C(c3ccc(C4CO4)c(Cl)c3F)CC2)CC1. The molecular formula is C24H30ClFO. The lowest BCUT2D eigenvalue weighted by molar-refractivity contribution is 0.190. The van der Waals surface area contributed by atoms with Crippen molar-refractivity contribution < 1.29 is 9.13 Å². The van der Waals surface area contributed by atoms with Crippen molar-refractivity contribution in [1.82, 2.24) is 0 Å². The Labute approximate surface area is 167 Å². The van der Waals surface area contributed by atoms with E-state index in [4.69, 9.17) is 16.3 Å². The first-order valence-corrected chi connectivity index (χ1v) is 10.9. The fourth-order valence-corrected chi connectivity index (χ4v) is 5.40. The van der Waals surface area contributed by atoms with Crippen LogP contribution in [-0.4, -0.2) is 6.61 Å². The standard InChI is InChI=1S/C24H30ClFO/c1-2-3-4-16-5-7-17(8-6-16)18-9-11-19(12-10-18)20-13-14-21(22-15-27-22)23(25)24(20)26/h2,11,13-14,16-18,22H,1,3-10,12,15H2. The molecule has 2 fully saturated rings. The molecule has 1 saturated carbocycles. The number of hydrogen-bond donors (Lipinski definition) is 0. The predicted molar refractivity (Wildman–Crippen MR) is 110 cm³/mol. The van der Waals surface area contributed by atoms with Crippen LogP contribution in [0.2, 0.25) is 5.02 Å². The summed E-state index contributed by atoms with van der Waals surface area (Å²) < 4.78 is 20.1. The third-order valence-electron chi connectivity index (χ3n) is 6.93. The van der Waals surface area contributed by atoms with Crippen molar-refractivity contribution in [2.75, 3.05) is 6.61 Å². The van der Waals surface area contributed by atoms with Crippen LogP contribution in [-0.2, 0) is 4.74 Å². The van der Waals surface area contributed by atoms with E-state index >= 15 is 0 Å². The van der Waals surface area contributed by atoms with Gasteiger partial charge in [-0.1, -0.05) is 48.7 Å². The van der Waals surface area contributed by atoms with E-state index in [0.29, 0.717) is 12.2 Å². The van der Waals surface area contributed by atoms with Crippen molar-refractivity contribution in [3.05, 3.63) is 52.8 Å². The number of hydrogen-bond acceptors (Lipinski definition) is 1. The first-order valence-electron chi connectivity index (χ1n) is 10.6. The summed E-state index contributed by atoms with van der Waals surface area (Å²) in [5.41, 5.74) is 2.62. The van der Waals surface area contributed by atoms with Gasteiger partial charge in [-0.25, -0.2) is 4.39 Å². The smallest absolute Gasteiger partial charge is 0.149 e. The molecule has 2 atom stereocenters. The second-order valence-electron chi connectivity index (χ2n) is 8.56. The molecular weight excluding hydrogens is 359 g/mol. The normalized spacial score (nSPS) is 30.7. The third-order valence-corrected chi connectivity index (χ3v) is 7.31. The number of rotatable bonds is 6. The fourth-order valence-electron chi connectivity index (χ4n) is 5.12. The molecule has 3 aliphatic rings. The average molecular weight is 389 g/mol. The summed E-state index contributed by atoms with van der Waals surface area (Å²) in [5, 5.41) is 0.246. The van der Waals surface area contributed by atoms with Gasteiger partial charge in [-0.2, -0.15) is 0 Å². The second kappa shape index (κ2) is 8.49. The molecule has 1 aromatic rings. The molecule has 1 saturated heterocycles. The Balaban J connectivity index is 1.36. The Kier molecular flexibility index (Phi) is 6.04. The van der Waals surface area contributed by atoms with Crippen molar-refractivity contribution >= 4 is 17.2 Å². The Hall–Kier alpha value is -1.12. The molecule has 27 heavy (non-hydrogen) atoms. The highest BCUT2D eigenvalue weighted by Gasteiger charge is 2.31. The van der Waals surface area contributed by atoms with Gasteiger partial charge in [0.05, 0.1) is 11.6 Å². The van der Waals surface area contributed by atoms with E-state index in [1.165, 1.54) is 38.5 Å². The van der Waals surface area contributed by atoms with Gasteiger partial charge in [-0.3, -0.25) is 0 Å². The summed E-state index contributed by atoms with van der Waals surface area (Å²) in [6.45, 7) is 4.50. The fraction of sp³-hybridized carbons (Fsp3) is 0.583. The minimum absolute atomic E-state index is 0.00706. The minimum atomic E-state index is -0.267. The van der Waals surface area contributed by atoms with Gasteiger partial charge in [0, 0.05) is 11.1 Å². The van der Waals surface area contributed by atoms with Crippen LogP contribution >= 0.6 is 11.6 Å². The zero-order valence-electron chi connectivity index (χ0n) is 16.1. The first kappa shape index (κ1) is 19.2. The lowest BCUT2D eigenvalue weighted by atomic mass is 9.70. The van der Waals surface area contributed by atoms with Crippen LogP contribution < -0.4 is 0 Å². The van der Waals surface area contributed by atoms with Gasteiger partial charge in [0.2, 0.25) is 0 Å². The third kappa shape index (κ3) is 4.32. The Morgan fingerprint density at radius 2 is 1.93 bits per heavy atom. The van der Waals surface area contributed by atoms with Crippen LogP contribution in [0, 0.1) is 23.6 Å². The van der Waals surface area contributed by atoms with Crippen molar-refractivity contribution in [3.8, 4) is 0 Å². The molecule has 1 aliphatic heterocycles. The van der Waals surface area contributed by atoms with Gasteiger partial charge in [0.1, 0.15) is 11.9 Å². The van der Waals surface area contributed by atoms with Crippen LogP contribution in [0.15, 0.2) is 30.9 Å². The highest BCUT2D eigenvalue weighted by molar-refractivity contribution is 6.31. The molecule has 0 amide bonds. The van der Waals surface area contributed by atoms with E-state index < -0.39 is 0 Å². The molecule has 0 aromatic heterocycles. The van der Waals surface area contributed by atoms with Gasteiger partial charge in [0.25, 0.3) is 0 Å². The molecule has 0 radical (unpaired) electrons. The molecule has 1 heterocycles. The molecule has 0 bridgehead atoms. The number of epoxide rings is 1. The molecule has 2 aliphatic carbocycles. The molecule has 2 unspecified atom stereocenters. The van der Waals surface area contributed by atoms with Gasteiger partial charge >= 0.3 is 0 Å². The maximum atomic E-state index is 14.8. The monoisotopic (exact) mass is 388 g/mol. The van der Waals surface area contributed by atoms with E-state index in [0.717, 1.165) is 48.2 Å². The summed E-state index contributed by atoms with van der Waals surface area (Å²) in [7, 11) is 0. The summed E-state index contributed by atoms with van der Waals surface area (Å²) in [6, 6.07) is 3.84. The maximum absolute atomic E-state index is 14.8. The molecule has 1 nitrogen and oxygen atoms in total. The van der Waals surface area contributed by atoms with Crippen molar-refractivity contribution in [2.24, 2.45) is 17.8 Å². The minimum Gasteiger partial charge on any atom is -0.368 e. The molecule has 0 N–H and O–H groups in total. The highest BCUT2D eigenvalue weighted by Crippen LogP contribution is 2.44. The van der Waals surface area contributed by atoms with Gasteiger partial charge in [0.15, 0.2) is 0 Å². The Morgan fingerprint density at radius 1 is 1.15 bits per heavy atom. The zero-order chi connectivity index (χ0) is 18.8. The summed E-state index contributed by atoms with van der Waals surface area (Å²) in [6.07, 6.45) is 15.5. The molecule has 146 valence electrons. The van der Waals surface area contributed by atoms with Crippen LogP contribution in [0.3, 0.4) is 0 Å². The zero-order valence-corrected chi connectivity index (χ0v) is 16.8. The van der Waals surface area contributed by atoms with Gasteiger partial charge < -0.3 is 4.74 Å². The first-order chi connectivity index (χ1) is 13.2. The van der Waals surface area contributed by atoms with Crippen LogP contribution in [0.5, 0.6) is 0 Å². The topological polar surface area (TPSA) is 12.5 Å². The number of benzene rings is 1. The lowest BCUT2D eigenvalue weighted by Gasteiger charge is -2.35. The number of halogens is 2. The predicted octanol–water partition coefficient (Wildman–Crippen LogP) is 7.51. The number of ether oxygens (including phenoxy) is 1. The van der Waals surface area contributed by atoms with Crippen LogP contribution in [0.4, 0.5) is 4.39 Å². The second-order valence-corrected chi connectivity index (χ2v) is 8.94. The van der Waals surface area contributed by atoms with Crippen molar-refractivity contribution in [2.45, 2.75) is 63.9 Å². The lowest BCUT2D eigenvalue weighted by Crippen LogP contribution is -2.23. The molecule has 0 spiro atoms. The molecule has 1 aromatic carbocycles. The molecule has 4 rings (SSSR count). The largest absolute Gasteiger partial charge is 0.368 e. The van der Waals surface area contributed by atoms with Crippen LogP contribution in [0.25, 0.3) is 5.57 Å². The molecule has 3 heteroatoms. The maximum Gasteiger partial charge on any atom is 0.149 e. The van der Waals surface area contributed by atoms with E-state index in [9.17, 15) is 4.39 Å². The average Bonchev–Trinajstić information content (AvgIpc) is 3.54. The van der Waals surface area contributed by atoms with E-state index in [-0.39, 0.29) is 16.9 Å². The van der Waals surface area contributed by atoms with E-state index in [2.05, 4.69) is 18.7 Å². The van der Waals surface area contributed by atoms with Crippen LogP contribution in [0.1, 0.15) is 75.0 Å². The highest BCUT2D eigenvalue weighted by atomic mass is 35.5. The van der Waals surface area contributed by atoms with Gasteiger partial charge in [-0.05, 0) is 68.3 Å². The van der Waals surface area contributed by atoms with E-state index in [1.54, 1.807) is 0 Å². The quantitative estimate of drug-likeness (QED) is 0.363.